The van der Waals surface area contributed by atoms with E-state index in [1.54, 1.807) is 25.1 Å². The Labute approximate surface area is 171 Å². The fourth-order valence-electron chi connectivity index (χ4n) is 3.34. The molecule has 2 aromatic carbocycles. The number of nitrogen functional groups attached to an aromatic ring is 2. The molecule has 148 valence electrons. The van der Waals surface area contributed by atoms with E-state index >= 15 is 0 Å². The number of nitrogens with two attached hydrogens (primary N) is 2. The third-order valence-electron chi connectivity index (χ3n) is 4.72. The van der Waals surface area contributed by atoms with Crippen molar-refractivity contribution in [1.29, 1.82) is 5.26 Å². The number of benzene rings is 2. The minimum atomic E-state index is -0.568. The number of fused-ring (bicyclic) bond motifs is 1. The lowest BCUT2D eigenvalue weighted by atomic mass is 9.99. The molecule has 0 radical (unpaired) electrons. The summed E-state index contributed by atoms with van der Waals surface area (Å²) in [6.07, 6.45) is 0. The van der Waals surface area contributed by atoms with E-state index in [1.807, 2.05) is 42.5 Å². The van der Waals surface area contributed by atoms with Crippen LogP contribution in [0.5, 0.6) is 0 Å². The number of nitrogens with one attached hydrogen (secondary N) is 1. The van der Waals surface area contributed by atoms with Crippen molar-refractivity contribution in [2.24, 2.45) is 0 Å². The van der Waals surface area contributed by atoms with Gasteiger partial charge in [-0.15, -0.1) is 0 Å². The van der Waals surface area contributed by atoms with Crippen LogP contribution in [0, 0.1) is 11.3 Å². The summed E-state index contributed by atoms with van der Waals surface area (Å²) >= 11 is 0. The molecule has 0 bridgehead atoms. The Balaban J connectivity index is 1.91. The Morgan fingerprint density at radius 1 is 1.07 bits per heavy atom. The summed E-state index contributed by atoms with van der Waals surface area (Å²) in [5.41, 5.74) is 13.0. The van der Waals surface area contributed by atoms with Gasteiger partial charge >= 0.3 is 0 Å². The number of hydrogen-bond donors (Lipinski definition) is 3. The van der Waals surface area contributed by atoms with Crippen molar-refractivity contribution in [3.8, 4) is 17.4 Å². The van der Waals surface area contributed by atoms with Gasteiger partial charge in [0.15, 0.2) is 11.2 Å². The molecule has 5 N–H and O–H groups in total. The monoisotopic (exact) mass is 398 g/mol. The topological polar surface area (TPSA) is 144 Å². The van der Waals surface area contributed by atoms with Gasteiger partial charge in [-0.2, -0.15) is 15.2 Å². The number of hydrogen-bond acceptors (Lipinski definition) is 8. The van der Waals surface area contributed by atoms with Crippen LogP contribution in [0.15, 0.2) is 63.8 Å². The van der Waals surface area contributed by atoms with Crippen LogP contribution < -0.4 is 22.2 Å². The van der Waals surface area contributed by atoms with Crippen molar-refractivity contribution in [2.75, 3.05) is 16.8 Å². The van der Waals surface area contributed by atoms with Crippen LogP contribution in [0.25, 0.3) is 22.3 Å². The first kappa shape index (κ1) is 19.0. The SMILES string of the molecule is CC(Nc1nc(N)nc(N)c1C#N)c1c(-c2ccccc2)oc2ccccc2c1=O. The standard InChI is InChI=1S/C22H18N6O2/c1-12(26-21-15(11-23)20(24)27-22(25)28-21)17-18(29)14-9-5-6-10-16(14)30-19(17)13-7-3-2-4-8-13/h2-10,12H,1H3,(H5,24,25,26,27,28). The molecule has 4 aromatic rings. The molecule has 0 saturated carbocycles. The zero-order chi connectivity index (χ0) is 21.3. The molecule has 0 aliphatic rings. The minimum absolute atomic E-state index is 0.0338. The fourth-order valence-corrected chi connectivity index (χ4v) is 3.34. The van der Waals surface area contributed by atoms with E-state index in [1.165, 1.54) is 0 Å². The van der Waals surface area contributed by atoms with Crippen LogP contribution in [0.2, 0.25) is 0 Å². The molecule has 0 aliphatic carbocycles. The number of nitriles is 1. The second-order valence-electron chi connectivity index (χ2n) is 6.70. The molecule has 30 heavy (non-hydrogen) atoms. The zero-order valence-corrected chi connectivity index (χ0v) is 16.1. The minimum Gasteiger partial charge on any atom is -0.455 e. The molecule has 8 heteroatoms. The van der Waals surface area contributed by atoms with Gasteiger partial charge in [0.25, 0.3) is 0 Å². The first-order valence-electron chi connectivity index (χ1n) is 9.20. The Kier molecular flexibility index (Phi) is 4.78. The molecule has 0 fully saturated rings. The molecule has 2 heterocycles. The predicted molar refractivity (Wildman–Crippen MR) is 116 cm³/mol. The second-order valence-corrected chi connectivity index (χ2v) is 6.70. The van der Waals surface area contributed by atoms with Crippen LogP contribution in [-0.2, 0) is 0 Å². The number of nitrogens with zero attached hydrogens (tertiary/aromatic N) is 3. The highest BCUT2D eigenvalue weighted by Crippen LogP contribution is 2.31. The predicted octanol–water partition coefficient (Wildman–Crippen LogP) is 3.46. The van der Waals surface area contributed by atoms with Crippen LogP contribution in [0.1, 0.15) is 24.1 Å². The van der Waals surface area contributed by atoms with Crippen molar-refractivity contribution >= 4 is 28.6 Å². The van der Waals surface area contributed by atoms with Crippen LogP contribution >= 0.6 is 0 Å². The molecule has 8 nitrogen and oxygen atoms in total. The van der Waals surface area contributed by atoms with E-state index in [0.717, 1.165) is 5.56 Å². The second kappa shape index (κ2) is 7.56. The third kappa shape index (κ3) is 3.29. The normalized spacial score (nSPS) is 11.7. The summed E-state index contributed by atoms with van der Waals surface area (Å²) in [6.45, 7) is 1.78. The van der Waals surface area contributed by atoms with Crippen molar-refractivity contribution in [3.63, 3.8) is 0 Å². The lowest BCUT2D eigenvalue weighted by molar-refractivity contribution is 0.604. The maximum Gasteiger partial charge on any atom is 0.224 e. The van der Waals surface area contributed by atoms with Gasteiger partial charge in [-0.25, -0.2) is 0 Å². The van der Waals surface area contributed by atoms with Crippen LogP contribution in [0.4, 0.5) is 17.6 Å². The average Bonchev–Trinajstić information content (AvgIpc) is 2.74. The first-order chi connectivity index (χ1) is 14.5. The molecular formula is C22H18N6O2. The number of aromatic nitrogens is 2. The lowest BCUT2D eigenvalue weighted by Gasteiger charge is -2.19. The summed E-state index contributed by atoms with van der Waals surface area (Å²) in [6, 6.07) is 17.8. The van der Waals surface area contributed by atoms with Gasteiger partial charge in [0.1, 0.15) is 28.8 Å². The molecule has 1 unspecified atom stereocenters. The summed E-state index contributed by atoms with van der Waals surface area (Å²) in [5.74, 6) is 0.484. The number of rotatable bonds is 4. The maximum atomic E-state index is 13.4. The van der Waals surface area contributed by atoms with Gasteiger partial charge < -0.3 is 21.2 Å². The van der Waals surface area contributed by atoms with Gasteiger partial charge in [-0.05, 0) is 19.1 Å². The van der Waals surface area contributed by atoms with Gasteiger partial charge in [-0.3, -0.25) is 4.79 Å². The molecule has 0 amide bonds. The lowest BCUT2D eigenvalue weighted by Crippen LogP contribution is -2.20. The van der Waals surface area contributed by atoms with E-state index in [0.29, 0.717) is 22.3 Å². The van der Waals surface area contributed by atoms with E-state index in [-0.39, 0.29) is 28.6 Å². The Morgan fingerprint density at radius 2 is 1.77 bits per heavy atom. The summed E-state index contributed by atoms with van der Waals surface area (Å²) in [5, 5.41) is 13.0. The van der Waals surface area contributed by atoms with Crippen molar-refractivity contribution in [2.45, 2.75) is 13.0 Å². The Hall–Kier alpha value is -4.38. The quantitative estimate of drug-likeness (QED) is 0.474. The van der Waals surface area contributed by atoms with Crippen LogP contribution in [-0.4, -0.2) is 9.97 Å². The van der Waals surface area contributed by atoms with Crippen LogP contribution in [0.3, 0.4) is 0 Å². The van der Waals surface area contributed by atoms with Crippen molar-refractivity contribution in [3.05, 3.63) is 75.9 Å². The Morgan fingerprint density at radius 3 is 2.50 bits per heavy atom. The van der Waals surface area contributed by atoms with Gasteiger partial charge in [0.05, 0.1) is 17.0 Å². The number of para-hydroxylation sites is 1. The van der Waals surface area contributed by atoms with Crippen molar-refractivity contribution in [1.82, 2.24) is 9.97 Å². The highest BCUT2D eigenvalue weighted by molar-refractivity contribution is 5.81. The molecule has 0 saturated heterocycles. The first-order valence-corrected chi connectivity index (χ1v) is 9.20. The van der Waals surface area contributed by atoms with E-state index in [2.05, 4.69) is 15.3 Å². The van der Waals surface area contributed by atoms with E-state index < -0.39 is 6.04 Å². The van der Waals surface area contributed by atoms with Crippen molar-refractivity contribution < 1.29 is 4.42 Å². The van der Waals surface area contributed by atoms with E-state index in [9.17, 15) is 10.1 Å². The molecular weight excluding hydrogens is 380 g/mol. The average molecular weight is 398 g/mol. The largest absolute Gasteiger partial charge is 0.455 e. The third-order valence-corrected chi connectivity index (χ3v) is 4.72. The molecule has 1 atom stereocenters. The molecule has 4 rings (SSSR count). The van der Waals surface area contributed by atoms with Gasteiger partial charge in [0, 0.05) is 5.56 Å². The summed E-state index contributed by atoms with van der Waals surface area (Å²) in [7, 11) is 0. The molecule has 0 aliphatic heterocycles. The fraction of sp³-hybridized carbons (Fsp3) is 0.0909. The van der Waals surface area contributed by atoms with Gasteiger partial charge in [0.2, 0.25) is 5.95 Å². The summed E-state index contributed by atoms with van der Waals surface area (Å²) in [4.78, 5) is 21.3. The zero-order valence-electron chi connectivity index (χ0n) is 16.1. The Bertz CT molecular complexity index is 1340. The highest BCUT2D eigenvalue weighted by Gasteiger charge is 2.23. The smallest absolute Gasteiger partial charge is 0.224 e. The molecule has 0 spiro atoms. The molecule has 2 aromatic heterocycles. The highest BCUT2D eigenvalue weighted by atomic mass is 16.3. The summed E-state index contributed by atoms with van der Waals surface area (Å²) < 4.78 is 6.14. The number of anilines is 3. The van der Waals surface area contributed by atoms with E-state index in [4.69, 9.17) is 15.9 Å². The van der Waals surface area contributed by atoms with Gasteiger partial charge in [-0.1, -0.05) is 42.5 Å². The maximum absolute atomic E-state index is 13.4.